The van der Waals surface area contributed by atoms with Crippen molar-refractivity contribution in [2.45, 2.75) is 25.0 Å². The molecule has 0 aromatic rings. The van der Waals surface area contributed by atoms with Crippen LogP contribution in [0, 0.1) is 5.92 Å². The maximum absolute atomic E-state index is 9.28. The number of alkyl halides is 1. The molecule has 0 spiro atoms. The molecule has 3 unspecified atom stereocenters. The molecule has 0 aliphatic carbocycles. The van der Waals surface area contributed by atoms with Gasteiger partial charge in [0.2, 0.25) is 0 Å². The predicted molar refractivity (Wildman–Crippen MR) is 44.5 cm³/mol. The Bertz CT molecular complexity index is 177. The molecular formula is C8H13ClO2. The van der Waals surface area contributed by atoms with Crippen LogP contribution in [-0.4, -0.2) is 22.9 Å². The Hall–Kier alpha value is -0.0500. The number of halogens is 1. The Balaban J connectivity index is 2.78. The fourth-order valence-corrected chi connectivity index (χ4v) is 1.62. The van der Waals surface area contributed by atoms with Gasteiger partial charge in [-0.1, -0.05) is 12.2 Å². The van der Waals surface area contributed by atoms with Gasteiger partial charge in [-0.25, -0.2) is 0 Å². The summed E-state index contributed by atoms with van der Waals surface area (Å²) in [5, 5.41) is 9.28. The fourth-order valence-electron chi connectivity index (χ4n) is 1.31. The number of rotatable bonds is 1. The molecule has 11 heavy (non-hydrogen) atoms. The van der Waals surface area contributed by atoms with Gasteiger partial charge in [-0.2, -0.15) is 0 Å². The molecule has 2 nitrogen and oxygen atoms in total. The zero-order valence-electron chi connectivity index (χ0n) is 6.80. The van der Waals surface area contributed by atoms with Crippen molar-refractivity contribution >= 4 is 11.6 Å². The van der Waals surface area contributed by atoms with E-state index in [0.717, 1.165) is 5.57 Å². The van der Waals surface area contributed by atoms with Crippen LogP contribution in [0.2, 0.25) is 0 Å². The van der Waals surface area contributed by atoms with E-state index in [4.69, 9.17) is 16.3 Å². The Morgan fingerprint density at radius 3 is 2.55 bits per heavy atom. The number of aliphatic hydroxyl groups excluding tert-OH is 1. The van der Waals surface area contributed by atoms with E-state index in [-0.39, 0.29) is 5.92 Å². The minimum absolute atomic E-state index is 0.0548. The lowest BCUT2D eigenvalue weighted by molar-refractivity contribution is -0.0720. The summed E-state index contributed by atoms with van der Waals surface area (Å²) in [5.41, 5.74) is 0.957. The largest absolute Gasteiger partial charge is 0.366 e. The van der Waals surface area contributed by atoms with Crippen LogP contribution in [0.5, 0.6) is 0 Å². The normalized spacial score (nSPS) is 44.4. The molecule has 3 atom stereocenters. The van der Waals surface area contributed by atoms with E-state index in [2.05, 4.69) is 6.58 Å². The van der Waals surface area contributed by atoms with Gasteiger partial charge in [0, 0.05) is 5.92 Å². The average molecular weight is 177 g/mol. The van der Waals surface area contributed by atoms with E-state index in [0.29, 0.717) is 6.61 Å². The molecule has 1 aliphatic rings. The van der Waals surface area contributed by atoms with Gasteiger partial charge >= 0.3 is 0 Å². The van der Waals surface area contributed by atoms with Gasteiger partial charge in [0.05, 0.1) is 6.61 Å². The van der Waals surface area contributed by atoms with E-state index >= 15 is 0 Å². The second-order valence-corrected chi connectivity index (χ2v) is 4.05. The Morgan fingerprint density at radius 1 is 1.82 bits per heavy atom. The van der Waals surface area contributed by atoms with Crippen LogP contribution in [0.4, 0.5) is 0 Å². The van der Waals surface area contributed by atoms with E-state index in [1.807, 2.05) is 6.92 Å². The smallest absolute Gasteiger partial charge is 0.174 e. The first-order valence-corrected chi connectivity index (χ1v) is 3.98. The van der Waals surface area contributed by atoms with Crippen LogP contribution in [-0.2, 0) is 4.74 Å². The van der Waals surface area contributed by atoms with Crippen LogP contribution >= 0.6 is 11.6 Å². The minimum atomic E-state index is -0.870. The highest BCUT2D eigenvalue weighted by Gasteiger charge is 2.46. The third kappa shape index (κ3) is 1.43. The zero-order chi connectivity index (χ0) is 8.65. The van der Waals surface area contributed by atoms with E-state index in [9.17, 15) is 5.11 Å². The maximum Gasteiger partial charge on any atom is 0.174 e. The van der Waals surface area contributed by atoms with Gasteiger partial charge in [-0.3, -0.25) is 0 Å². The van der Waals surface area contributed by atoms with Crippen LogP contribution in [0.3, 0.4) is 0 Å². The summed E-state index contributed by atoms with van der Waals surface area (Å²) < 4.78 is 5.00. The Kier molecular flexibility index (Phi) is 2.28. The molecule has 0 aromatic heterocycles. The van der Waals surface area contributed by atoms with Crippen molar-refractivity contribution in [3.63, 3.8) is 0 Å². The third-order valence-electron chi connectivity index (χ3n) is 2.18. The van der Waals surface area contributed by atoms with Gasteiger partial charge in [0.1, 0.15) is 4.87 Å². The van der Waals surface area contributed by atoms with Crippen LogP contribution < -0.4 is 0 Å². The topological polar surface area (TPSA) is 29.5 Å². The first-order chi connectivity index (χ1) is 4.96. The highest BCUT2D eigenvalue weighted by Crippen LogP contribution is 2.39. The van der Waals surface area contributed by atoms with Crippen LogP contribution in [0.1, 0.15) is 13.8 Å². The average Bonchev–Trinajstić information content (AvgIpc) is 2.08. The molecule has 0 bridgehead atoms. The fraction of sp³-hybridized carbons (Fsp3) is 0.750. The Morgan fingerprint density at radius 2 is 2.36 bits per heavy atom. The summed E-state index contributed by atoms with van der Waals surface area (Å²) in [6, 6.07) is 0. The van der Waals surface area contributed by atoms with Crippen molar-refractivity contribution in [1.29, 1.82) is 0 Å². The standard InChI is InChI=1S/C8H13ClO2/c1-5(2)6-4-11-7(10)8(6,3)9/h6-7,10H,1,4H2,2-3H3. The molecular weight excluding hydrogens is 164 g/mol. The quantitative estimate of drug-likeness (QED) is 0.485. The van der Waals surface area contributed by atoms with Crippen LogP contribution in [0.25, 0.3) is 0 Å². The highest BCUT2D eigenvalue weighted by atomic mass is 35.5. The molecule has 1 N–H and O–H groups in total. The van der Waals surface area contributed by atoms with Crippen LogP contribution in [0.15, 0.2) is 12.2 Å². The lowest BCUT2D eigenvalue weighted by atomic mass is 9.90. The molecule has 1 saturated heterocycles. The molecule has 1 rings (SSSR count). The summed E-state index contributed by atoms with van der Waals surface area (Å²) in [7, 11) is 0. The SMILES string of the molecule is C=C(C)C1COC(O)C1(C)Cl. The molecule has 1 aliphatic heterocycles. The second-order valence-electron chi connectivity index (χ2n) is 3.24. The number of hydrogen-bond donors (Lipinski definition) is 1. The molecule has 0 saturated carbocycles. The molecule has 3 heteroatoms. The summed E-state index contributed by atoms with van der Waals surface area (Å²) in [6.07, 6.45) is -0.870. The summed E-state index contributed by atoms with van der Waals surface area (Å²) in [6.45, 7) is 7.93. The van der Waals surface area contributed by atoms with E-state index < -0.39 is 11.2 Å². The summed E-state index contributed by atoms with van der Waals surface area (Å²) in [5.74, 6) is 0.0548. The first-order valence-electron chi connectivity index (χ1n) is 3.60. The van der Waals surface area contributed by atoms with Gasteiger partial charge in [0.25, 0.3) is 0 Å². The second kappa shape index (κ2) is 2.77. The molecule has 0 radical (unpaired) electrons. The molecule has 1 fully saturated rings. The van der Waals surface area contributed by atoms with Gasteiger partial charge in [0.15, 0.2) is 6.29 Å². The van der Waals surface area contributed by atoms with E-state index in [1.165, 1.54) is 0 Å². The van der Waals surface area contributed by atoms with Crippen molar-refractivity contribution < 1.29 is 9.84 Å². The molecule has 0 aromatic carbocycles. The Labute approximate surface area is 71.8 Å². The van der Waals surface area contributed by atoms with Crippen molar-refractivity contribution in [2.24, 2.45) is 5.92 Å². The van der Waals surface area contributed by atoms with Crippen molar-refractivity contribution in [3.8, 4) is 0 Å². The molecule has 0 amide bonds. The van der Waals surface area contributed by atoms with Crippen molar-refractivity contribution in [1.82, 2.24) is 0 Å². The lowest BCUT2D eigenvalue weighted by Gasteiger charge is -2.24. The van der Waals surface area contributed by atoms with Gasteiger partial charge < -0.3 is 9.84 Å². The summed E-state index contributed by atoms with van der Waals surface area (Å²) in [4.78, 5) is -0.703. The minimum Gasteiger partial charge on any atom is -0.366 e. The van der Waals surface area contributed by atoms with Crippen molar-refractivity contribution in [2.75, 3.05) is 6.61 Å². The molecule has 64 valence electrons. The third-order valence-corrected chi connectivity index (χ3v) is 2.63. The summed E-state index contributed by atoms with van der Waals surface area (Å²) >= 11 is 6.04. The number of hydrogen-bond acceptors (Lipinski definition) is 2. The number of aliphatic hydroxyl groups is 1. The maximum atomic E-state index is 9.28. The monoisotopic (exact) mass is 176 g/mol. The molecule has 1 heterocycles. The predicted octanol–water partition coefficient (Wildman–Crippen LogP) is 1.52. The zero-order valence-corrected chi connectivity index (χ0v) is 7.56. The number of ether oxygens (including phenoxy) is 1. The van der Waals surface area contributed by atoms with E-state index in [1.54, 1.807) is 6.92 Å². The van der Waals surface area contributed by atoms with Crippen molar-refractivity contribution in [3.05, 3.63) is 12.2 Å². The van der Waals surface area contributed by atoms with Gasteiger partial charge in [-0.15, -0.1) is 11.6 Å². The lowest BCUT2D eigenvalue weighted by Crippen LogP contribution is -2.34. The first kappa shape index (κ1) is 9.04. The van der Waals surface area contributed by atoms with Gasteiger partial charge in [-0.05, 0) is 13.8 Å². The highest BCUT2D eigenvalue weighted by molar-refractivity contribution is 6.24.